The lowest BCUT2D eigenvalue weighted by molar-refractivity contribution is 0.195. The predicted molar refractivity (Wildman–Crippen MR) is 107 cm³/mol. The van der Waals surface area contributed by atoms with Crippen LogP contribution in [0.4, 0.5) is 32.7 Å². The van der Waals surface area contributed by atoms with Crippen LogP contribution in [-0.2, 0) is 6.54 Å². The molecule has 0 bridgehead atoms. The van der Waals surface area contributed by atoms with Crippen LogP contribution in [0.25, 0.3) is 0 Å². The van der Waals surface area contributed by atoms with Crippen molar-refractivity contribution in [3.63, 3.8) is 0 Å². The number of rotatable bonds is 3. The van der Waals surface area contributed by atoms with Crippen molar-refractivity contribution in [2.75, 3.05) is 29.2 Å². The van der Waals surface area contributed by atoms with Gasteiger partial charge in [0.2, 0.25) is 5.95 Å². The van der Waals surface area contributed by atoms with Crippen molar-refractivity contribution in [3.05, 3.63) is 36.0 Å². The molecule has 1 aliphatic rings. The molecule has 28 heavy (non-hydrogen) atoms. The molecule has 0 unspecified atom stereocenters. The van der Waals surface area contributed by atoms with Gasteiger partial charge in [0.25, 0.3) is 0 Å². The van der Waals surface area contributed by atoms with Crippen LogP contribution in [-0.4, -0.2) is 51.7 Å². The fourth-order valence-electron chi connectivity index (χ4n) is 3.20. The van der Waals surface area contributed by atoms with E-state index < -0.39 is 11.6 Å². The molecule has 3 rings (SSSR count). The summed E-state index contributed by atoms with van der Waals surface area (Å²) in [5.74, 6) is 0.886. The fraction of sp³-hybridized carbons (Fsp3) is 0.368. The number of aromatic nitrogens is 2. The number of hydrogen-bond acceptors (Lipinski definition) is 5. The lowest BCUT2D eigenvalue weighted by atomic mass is 10.1. The molecule has 9 heteroatoms. The summed E-state index contributed by atoms with van der Waals surface area (Å²) in [6, 6.07) is 6.63. The van der Waals surface area contributed by atoms with E-state index in [0.29, 0.717) is 29.7 Å². The van der Waals surface area contributed by atoms with Crippen LogP contribution in [0.1, 0.15) is 26.3 Å². The van der Waals surface area contributed by atoms with Gasteiger partial charge in [0, 0.05) is 37.1 Å². The molecule has 2 heterocycles. The van der Waals surface area contributed by atoms with Gasteiger partial charge in [-0.3, -0.25) is 4.90 Å². The Morgan fingerprint density at radius 3 is 2.64 bits per heavy atom. The largest absolute Gasteiger partial charge is 0.465 e. The first kappa shape index (κ1) is 19.4. The molecule has 148 valence electrons. The third-order valence-corrected chi connectivity index (χ3v) is 4.41. The summed E-state index contributed by atoms with van der Waals surface area (Å²) in [4.78, 5) is 37.8. The number of nitrogens with zero attached hydrogens (tertiary/aromatic N) is 5. The molecule has 0 radical (unpaired) electrons. The Morgan fingerprint density at radius 2 is 2.04 bits per heavy atom. The van der Waals surface area contributed by atoms with Crippen LogP contribution in [0.15, 0.2) is 30.5 Å². The van der Waals surface area contributed by atoms with Gasteiger partial charge in [0.15, 0.2) is 5.82 Å². The fourth-order valence-corrected chi connectivity index (χ4v) is 3.20. The van der Waals surface area contributed by atoms with Gasteiger partial charge in [-0.05, 0) is 39.0 Å². The maximum absolute atomic E-state index is 12.9. The van der Waals surface area contributed by atoms with E-state index in [0.717, 1.165) is 5.56 Å². The average molecular weight is 384 g/mol. The molecular formula is C19H24N6O3. The number of benzene rings is 1. The van der Waals surface area contributed by atoms with Crippen LogP contribution in [0, 0.1) is 0 Å². The number of hydrogen-bond donors (Lipinski definition) is 2. The van der Waals surface area contributed by atoms with Crippen molar-refractivity contribution < 1.29 is 14.7 Å². The monoisotopic (exact) mass is 384 g/mol. The molecule has 2 N–H and O–H groups in total. The van der Waals surface area contributed by atoms with Gasteiger partial charge in [0.05, 0.1) is 12.2 Å². The highest BCUT2D eigenvalue weighted by Gasteiger charge is 2.33. The van der Waals surface area contributed by atoms with E-state index >= 15 is 0 Å². The zero-order chi connectivity index (χ0) is 20.6. The number of amides is 3. The molecule has 0 saturated heterocycles. The van der Waals surface area contributed by atoms with E-state index in [2.05, 4.69) is 15.3 Å². The van der Waals surface area contributed by atoms with Gasteiger partial charge >= 0.3 is 12.1 Å². The van der Waals surface area contributed by atoms with Gasteiger partial charge in [-0.25, -0.2) is 19.5 Å². The standard InChI is InChI=1S/C19H24N6O3/c1-19(2,3)25(18(27)28)14-8-6-7-13(9-14)24-15-12(11-23(5)17(24)26)10-21-16(20-4)22-15/h6-10H,11H2,1-5H3,(H,27,28)(H,20,21,22). The summed E-state index contributed by atoms with van der Waals surface area (Å²) < 4.78 is 0. The van der Waals surface area contributed by atoms with Crippen LogP contribution < -0.4 is 15.1 Å². The number of anilines is 4. The Balaban J connectivity index is 2.14. The van der Waals surface area contributed by atoms with Crippen molar-refractivity contribution in [2.45, 2.75) is 32.9 Å². The lowest BCUT2D eigenvalue weighted by Gasteiger charge is -2.36. The number of urea groups is 1. The SMILES string of the molecule is CNc1ncc2c(n1)N(c1cccc(N(C(=O)O)C(C)(C)C)c1)C(=O)N(C)C2. The molecule has 3 amide bonds. The van der Waals surface area contributed by atoms with Crippen molar-refractivity contribution in [1.29, 1.82) is 0 Å². The Morgan fingerprint density at radius 1 is 1.32 bits per heavy atom. The van der Waals surface area contributed by atoms with E-state index in [9.17, 15) is 14.7 Å². The van der Waals surface area contributed by atoms with Crippen molar-refractivity contribution in [3.8, 4) is 0 Å². The summed E-state index contributed by atoms with van der Waals surface area (Å²) >= 11 is 0. The zero-order valence-electron chi connectivity index (χ0n) is 16.6. The number of fused-ring (bicyclic) bond motifs is 1. The van der Waals surface area contributed by atoms with Gasteiger partial charge in [-0.2, -0.15) is 4.98 Å². The Labute approximate surface area is 163 Å². The molecule has 0 atom stereocenters. The van der Waals surface area contributed by atoms with Crippen LogP contribution >= 0.6 is 0 Å². The molecule has 1 aromatic heterocycles. The first-order valence-corrected chi connectivity index (χ1v) is 8.85. The second kappa shape index (κ2) is 6.99. The van der Waals surface area contributed by atoms with E-state index in [1.54, 1.807) is 49.5 Å². The van der Waals surface area contributed by atoms with Crippen LogP contribution in [0.5, 0.6) is 0 Å². The highest BCUT2D eigenvalue weighted by atomic mass is 16.4. The summed E-state index contributed by atoms with van der Waals surface area (Å²) in [7, 11) is 3.41. The van der Waals surface area contributed by atoms with Crippen molar-refractivity contribution in [1.82, 2.24) is 14.9 Å². The van der Waals surface area contributed by atoms with Gasteiger partial charge in [0.1, 0.15) is 0 Å². The predicted octanol–water partition coefficient (Wildman–Crippen LogP) is 3.50. The van der Waals surface area contributed by atoms with Crippen molar-refractivity contribution in [2.24, 2.45) is 0 Å². The number of nitrogens with one attached hydrogen (secondary N) is 1. The molecular weight excluding hydrogens is 360 g/mol. The van der Waals surface area contributed by atoms with Crippen LogP contribution in [0.3, 0.4) is 0 Å². The van der Waals surface area contributed by atoms with Crippen LogP contribution in [0.2, 0.25) is 0 Å². The second-order valence-electron chi connectivity index (χ2n) is 7.58. The van der Waals surface area contributed by atoms with Gasteiger partial charge in [-0.1, -0.05) is 6.07 Å². The third kappa shape index (κ3) is 3.42. The van der Waals surface area contributed by atoms with E-state index in [-0.39, 0.29) is 6.03 Å². The second-order valence-corrected chi connectivity index (χ2v) is 7.58. The Bertz CT molecular complexity index is 924. The summed E-state index contributed by atoms with van der Waals surface area (Å²) in [5.41, 5.74) is 1.17. The Hall–Kier alpha value is -3.36. The summed E-state index contributed by atoms with van der Waals surface area (Å²) in [6.07, 6.45) is 0.624. The van der Waals surface area contributed by atoms with E-state index in [1.807, 2.05) is 20.8 Å². The molecule has 2 aromatic rings. The number of carbonyl (C=O) groups excluding carboxylic acids is 1. The lowest BCUT2D eigenvalue weighted by Crippen LogP contribution is -2.45. The summed E-state index contributed by atoms with van der Waals surface area (Å²) in [6.45, 7) is 5.84. The third-order valence-electron chi connectivity index (χ3n) is 4.41. The normalized spacial score (nSPS) is 14.0. The first-order chi connectivity index (χ1) is 13.1. The molecule has 0 saturated carbocycles. The average Bonchev–Trinajstić information content (AvgIpc) is 2.61. The highest BCUT2D eigenvalue weighted by molar-refractivity contribution is 6.01. The minimum absolute atomic E-state index is 0.247. The number of carboxylic acid groups (broad SMARTS) is 1. The quantitative estimate of drug-likeness (QED) is 0.840. The molecule has 0 spiro atoms. The van der Waals surface area contributed by atoms with Gasteiger partial charge in [-0.15, -0.1) is 0 Å². The molecule has 0 fully saturated rings. The topological polar surface area (TPSA) is 102 Å². The molecule has 0 aliphatic carbocycles. The van der Waals surface area contributed by atoms with Gasteiger partial charge < -0.3 is 15.3 Å². The maximum atomic E-state index is 12.9. The van der Waals surface area contributed by atoms with E-state index in [4.69, 9.17) is 0 Å². The highest BCUT2D eigenvalue weighted by Crippen LogP contribution is 2.36. The maximum Gasteiger partial charge on any atom is 0.412 e. The summed E-state index contributed by atoms with van der Waals surface area (Å²) in [5, 5.41) is 12.6. The number of carbonyl (C=O) groups is 2. The molecule has 1 aliphatic heterocycles. The van der Waals surface area contributed by atoms with E-state index in [1.165, 1.54) is 9.80 Å². The molecule has 9 nitrogen and oxygen atoms in total. The minimum atomic E-state index is -1.06. The first-order valence-electron chi connectivity index (χ1n) is 8.85. The Kier molecular flexibility index (Phi) is 4.84. The van der Waals surface area contributed by atoms with Crippen molar-refractivity contribution >= 4 is 35.3 Å². The minimum Gasteiger partial charge on any atom is -0.465 e. The molecule has 1 aromatic carbocycles. The smallest absolute Gasteiger partial charge is 0.412 e. The zero-order valence-corrected chi connectivity index (χ0v) is 16.6.